The van der Waals surface area contributed by atoms with Gasteiger partial charge in [-0.1, -0.05) is 51.1 Å². The Bertz CT molecular complexity index is 691. The first-order valence-electron chi connectivity index (χ1n) is 7.86. The highest BCUT2D eigenvalue weighted by Crippen LogP contribution is 2.31. The first kappa shape index (κ1) is 14.8. The highest BCUT2D eigenvalue weighted by molar-refractivity contribution is 5.99. The molecule has 114 valence electrons. The molecule has 2 aromatic carbocycles. The maximum absolute atomic E-state index is 12.0. The van der Waals surface area contributed by atoms with Gasteiger partial charge < -0.3 is 4.74 Å². The molecule has 1 aliphatic heterocycles. The molecule has 0 unspecified atom stereocenters. The van der Waals surface area contributed by atoms with Gasteiger partial charge in [-0.3, -0.25) is 4.79 Å². The average Bonchev–Trinajstić information content (AvgIpc) is 2.68. The van der Waals surface area contributed by atoms with Crippen molar-refractivity contribution in [2.45, 2.75) is 39.0 Å². The zero-order valence-electron chi connectivity index (χ0n) is 13.5. The minimum atomic E-state index is 0.155. The number of benzene rings is 2. The predicted molar refractivity (Wildman–Crippen MR) is 89.6 cm³/mol. The standard InChI is InChI=1S/C20H22O2/c1-20(2,3)16-9-6-14(7-10-16)15-8-11-17-18(21)5-4-12-22-19(17)13-15/h6-11,13H,4-5,12H2,1-3H3. The van der Waals surface area contributed by atoms with Gasteiger partial charge in [-0.15, -0.1) is 0 Å². The first-order chi connectivity index (χ1) is 10.4. The van der Waals surface area contributed by atoms with Crippen LogP contribution in [0.4, 0.5) is 0 Å². The fraction of sp³-hybridized carbons (Fsp3) is 0.350. The molecule has 0 saturated heterocycles. The van der Waals surface area contributed by atoms with Crippen molar-refractivity contribution in [3.63, 3.8) is 0 Å². The molecule has 0 bridgehead atoms. The summed E-state index contributed by atoms with van der Waals surface area (Å²) in [6.07, 6.45) is 1.37. The summed E-state index contributed by atoms with van der Waals surface area (Å²) in [6.45, 7) is 7.25. The van der Waals surface area contributed by atoms with Gasteiger partial charge >= 0.3 is 0 Å². The zero-order valence-corrected chi connectivity index (χ0v) is 13.5. The molecular weight excluding hydrogens is 272 g/mol. The van der Waals surface area contributed by atoms with Crippen LogP contribution in [0.3, 0.4) is 0 Å². The normalized spacial score (nSPS) is 15.0. The summed E-state index contributed by atoms with van der Waals surface area (Å²) < 4.78 is 5.74. The summed E-state index contributed by atoms with van der Waals surface area (Å²) in [4.78, 5) is 12.0. The van der Waals surface area contributed by atoms with Crippen LogP contribution in [0.1, 0.15) is 49.5 Å². The molecule has 2 nitrogen and oxygen atoms in total. The molecule has 2 heteroatoms. The Hall–Kier alpha value is -2.09. The molecule has 0 fully saturated rings. The lowest BCUT2D eigenvalue weighted by molar-refractivity contribution is 0.0983. The van der Waals surface area contributed by atoms with E-state index in [0.29, 0.717) is 18.6 Å². The Morgan fingerprint density at radius 3 is 2.32 bits per heavy atom. The zero-order chi connectivity index (χ0) is 15.7. The molecule has 0 atom stereocenters. The first-order valence-corrected chi connectivity index (χ1v) is 7.86. The Labute approximate surface area is 132 Å². The van der Waals surface area contributed by atoms with E-state index >= 15 is 0 Å². The van der Waals surface area contributed by atoms with Gasteiger partial charge in [0.05, 0.1) is 12.2 Å². The van der Waals surface area contributed by atoms with Crippen LogP contribution in [0.5, 0.6) is 5.75 Å². The van der Waals surface area contributed by atoms with Crippen LogP contribution in [0.15, 0.2) is 42.5 Å². The van der Waals surface area contributed by atoms with Gasteiger partial charge in [0.2, 0.25) is 0 Å². The molecule has 22 heavy (non-hydrogen) atoms. The van der Waals surface area contributed by atoms with Crippen molar-refractivity contribution in [3.05, 3.63) is 53.6 Å². The smallest absolute Gasteiger partial charge is 0.166 e. The summed E-state index contributed by atoms with van der Waals surface area (Å²) in [5.74, 6) is 0.905. The number of fused-ring (bicyclic) bond motifs is 1. The van der Waals surface area contributed by atoms with Crippen molar-refractivity contribution in [2.75, 3.05) is 6.61 Å². The Morgan fingerprint density at radius 1 is 0.955 bits per heavy atom. The molecule has 0 amide bonds. The number of carbonyl (C=O) groups is 1. The number of Topliss-reactive ketones (excluding diaryl/α,β-unsaturated/α-hetero) is 1. The lowest BCUT2D eigenvalue weighted by atomic mass is 9.86. The number of ether oxygens (including phenoxy) is 1. The van der Waals surface area contributed by atoms with Crippen molar-refractivity contribution >= 4 is 5.78 Å². The van der Waals surface area contributed by atoms with Crippen LogP contribution in [0.25, 0.3) is 11.1 Å². The fourth-order valence-corrected chi connectivity index (χ4v) is 2.76. The molecule has 1 aliphatic rings. The van der Waals surface area contributed by atoms with Crippen LogP contribution in [0.2, 0.25) is 0 Å². The molecular formula is C20H22O2. The van der Waals surface area contributed by atoms with E-state index in [2.05, 4.69) is 45.0 Å². The maximum Gasteiger partial charge on any atom is 0.166 e. The maximum atomic E-state index is 12.0. The van der Waals surface area contributed by atoms with Gasteiger partial charge in [0, 0.05) is 6.42 Å². The van der Waals surface area contributed by atoms with Gasteiger partial charge in [0.1, 0.15) is 5.75 Å². The largest absolute Gasteiger partial charge is 0.493 e. The van der Waals surface area contributed by atoms with E-state index in [1.165, 1.54) is 5.56 Å². The molecule has 3 rings (SSSR count). The van der Waals surface area contributed by atoms with E-state index < -0.39 is 0 Å². The van der Waals surface area contributed by atoms with Crippen LogP contribution in [-0.4, -0.2) is 12.4 Å². The molecule has 0 N–H and O–H groups in total. The fourth-order valence-electron chi connectivity index (χ4n) is 2.76. The second-order valence-corrected chi connectivity index (χ2v) is 6.91. The second kappa shape index (κ2) is 5.60. The molecule has 0 saturated carbocycles. The monoisotopic (exact) mass is 294 g/mol. The van der Waals surface area contributed by atoms with E-state index in [1.807, 2.05) is 18.2 Å². The lowest BCUT2D eigenvalue weighted by Crippen LogP contribution is -2.10. The van der Waals surface area contributed by atoms with Crippen molar-refractivity contribution in [2.24, 2.45) is 0 Å². The Morgan fingerprint density at radius 2 is 1.64 bits per heavy atom. The molecule has 0 spiro atoms. The van der Waals surface area contributed by atoms with Crippen LogP contribution in [0, 0.1) is 0 Å². The van der Waals surface area contributed by atoms with E-state index in [9.17, 15) is 4.79 Å². The highest BCUT2D eigenvalue weighted by Gasteiger charge is 2.18. The SMILES string of the molecule is CC(C)(C)c1ccc(-c2ccc3c(c2)OCCCC3=O)cc1. The number of ketones is 1. The van der Waals surface area contributed by atoms with Gasteiger partial charge in [0.15, 0.2) is 5.78 Å². The van der Waals surface area contributed by atoms with E-state index in [-0.39, 0.29) is 11.2 Å². The summed E-state index contributed by atoms with van der Waals surface area (Å²) in [5.41, 5.74) is 4.43. The molecule has 1 heterocycles. The summed E-state index contributed by atoms with van der Waals surface area (Å²) in [7, 11) is 0. The van der Waals surface area contributed by atoms with Crippen LogP contribution < -0.4 is 4.74 Å². The molecule has 0 radical (unpaired) electrons. The van der Waals surface area contributed by atoms with Gasteiger partial charge in [0.25, 0.3) is 0 Å². The average molecular weight is 294 g/mol. The van der Waals surface area contributed by atoms with Gasteiger partial charge in [-0.05, 0) is 40.7 Å². The topological polar surface area (TPSA) is 26.3 Å². The Kier molecular flexibility index (Phi) is 3.78. The summed E-state index contributed by atoms with van der Waals surface area (Å²) in [5, 5.41) is 0. The summed E-state index contributed by atoms with van der Waals surface area (Å²) >= 11 is 0. The number of hydrogen-bond donors (Lipinski definition) is 0. The molecule has 0 aliphatic carbocycles. The number of hydrogen-bond acceptors (Lipinski definition) is 2. The van der Waals surface area contributed by atoms with E-state index in [0.717, 1.165) is 23.3 Å². The van der Waals surface area contributed by atoms with Gasteiger partial charge in [-0.2, -0.15) is 0 Å². The highest BCUT2D eigenvalue weighted by atomic mass is 16.5. The van der Waals surface area contributed by atoms with Crippen molar-refractivity contribution < 1.29 is 9.53 Å². The van der Waals surface area contributed by atoms with Gasteiger partial charge in [-0.25, -0.2) is 0 Å². The van der Waals surface area contributed by atoms with Crippen LogP contribution >= 0.6 is 0 Å². The molecule has 2 aromatic rings. The Balaban J connectivity index is 1.96. The van der Waals surface area contributed by atoms with Crippen molar-refractivity contribution in [3.8, 4) is 16.9 Å². The van der Waals surface area contributed by atoms with Crippen molar-refractivity contribution in [1.82, 2.24) is 0 Å². The van der Waals surface area contributed by atoms with E-state index in [1.54, 1.807) is 0 Å². The lowest BCUT2D eigenvalue weighted by Gasteiger charge is -2.19. The predicted octanol–water partition coefficient (Wildman–Crippen LogP) is 5.01. The van der Waals surface area contributed by atoms with Crippen molar-refractivity contribution in [1.29, 1.82) is 0 Å². The number of rotatable bonds is 1. The quantitative estimate of drug-likeness (QED) is 0.739. The van der Waals surface area contributed by atoms with Crippen LogP contribution in [-0.2, 0) is 5.41 Å². The summed E-state index contributed by atoms with van der Waals surface area (Å²) in [6, 6.07) is 14.5. The third kappa shape index (κ3) is 2.92. The minimum Gasteiger partial charge on any atom is -0.493 e. The third-order valence-electron chi connectivity index (χ3n) is 4.17. The number of carbonyl (C=O) groups excluding carboxylic acids is 1. The minimum absolute atomic E-state index is 0.155. The second-order valence-electron chi connectivity index (χ2n) is 6.91. The van der Waals surface area contributed by atoms with E-state index in [4.69, 9.17) is 4.74 Å². The molecule has 0 aromatic heterocycles. The third-order valence-corrected chi connectivity index (χ3v) is 4.17.